The molecule has 0 unspecified atom stereocenters. The van der Waals surface area contributed by atoms with Gasteiger partial charge in [0.05, 0.1) is 0 Å². The number of benzene rings is 1. The van der Waals surface area contributed by atoms with Gasteiger partial charge < -0.3 is 4.74 Å². The highest BCUT2D eigenvalue weighted by molar-refractivity contribution is 7.92. The predicted molar refractivity (Wildman–Crippen MR) is 101 cm³/mol. The zero-order valence-electron chi connectivity index (χ0n) is 15.0. The third-order valence-electron chi connectivity index (χ3n) is 4.22. The van der Waals surface area contributed by atoms with Crippen molar-refractivity contribution < 1.29 is 13.2 Å². The first-order valence-corrected chi connectivity index (χ1v) is 10.1. The lowest BCUT2D eigenvalue weighted by atomic mass is 10.1. The summed E-state index contributed by atoms with van der Waals surface area (Å²) >= 11 is 0. The third-order valence-corrected chi connectivity index (χ3v) is 5.79. The molecule has 2 aromatic rings. The molecule has 7 heteroatoms. The van der Waals surface area contributed by atoms with Crippen LogP contribution in [0.25, 0.3) is 6.08 Å². The molecule has 1 aromatic carbocycles. The summed E-state index contributed by atoms with van der Waals surface area (Å²) in [5.74, 6) is 1.23. The minimum atomic E-state index is -3.42. The number of nitrogens with zero attached hydrogens (tertiary/aromatic N) is 3. The smallest absolute Gasteiger partial charge is 0.236 e. The van der Waals surface area contributed by atoms with Crippen molar-refractivity contribution in [3.63, 3.8) is 0 Å². The highest BCUT2D eigenvalue weighted by Crippen LogP contribution is 2.20. The monoisotopic (exact) mass is 373 g/mol. The highest BCUT2D eigenvalue weighted by atomic mass is 32.2. The molecule has 1 aromatic heterocycles. The normalized spacial score (nSPS) is 16.8. The van der Waals surface area contributed by atoms with Crippen LogP contribution in [0.5, 0.6) is 5.88 Å². The van der Waals surface area contributed by atoms with Gasteiger partial charge >= 0.3 is 0 Å². The molecule has 0 atom stereocenters. The summed E-state index contributed by atoms with van der Waals surface area (Å²) in [4.78, 5) is 8.51. The van der Waals surface area contributed by atoms with Crippen molar-refractivity contribution in [1.82, 2.24) is 14.3 Å². The molecule has 1 aliphatic heterocycles. The van der Waals surface area contributed by atoms with Gasteiger partial charge in [0.25, 0.3) is 0 Å². The van der Waals surface area contributed by atoms with Crippen LogP contribution in [0.2, 0.25) is 0 Å². The van der Waals surface area contributed by atoms with E-state index in [1.807, 2.05) is 44.2 Å². The molecule has 0 radical (unpaired) electrons. The maximum atomic E-state index is 12.5. The molecule has 1 saturated heterocycles. The summed E-state index contributed by atoms with van der Waals surface area (Å²) in [5.41, 5.74) is 1.72. The Morgan fingerprint density at radius 2 is 1.81 bits per heavy atom. The van der Waals surface area contributed by atoms with Crippen LogP contribution < -0.4 is 4.74 Å². The number of sulfonamides is 1. The number of rotatable bonds is 5. The SMILES string of the molecule is Cc1cc(OC2CCN(S(=O)(=O)/C=C/c3ccccc3)CC2)nc(C)n1. The van der Waals surface area contributed by atoms with Gasteiger partial charge in [0.2, 0.25) is 15.9 Å². The van der Waals surface area contributed by atoms with Crippen molar-refractivity contribution >= 4 is 16.1 Å². The molecule has 0 amide bonds. The largest absolute Gasteiger partial charge is 0.474 e. The van der Waals surface area contributed by atoms with E-state index in [2.05, 4.69) is 9.97 Å². The summed E-state index contributed by atoms with van der Waals surface area (Å²) in [6.45, 7) is 4.61. The quantitative estimate of drug-likeness (QED) is 0.806. The van der Waals surface area contributed by atoms with E-state index in [-0.39, 0.29) is 6.10 Å². The molecule has 6 nitrogen and oxygen atoms in total. The zero-order chi connectivity index (χ0) is 18.6. The van der Waals surface area contributed by atoms with Gasteiger partial charge in [-0.15, -0.1) is 0 Å². The van der Waals surface area contributed by atoms with Crippen LogP contribution in [0.4, 0.5) is 0 Å². The molecule has 0 aliphatic carbocycles. The lowest BCUT2D eigenvalue weighted by molar-refractivity contribution is 0.130. The minimum Gasteiger partial charge on any atom is -0.474 e. The van der Waals surface area contributed by atoms with E-state index >= 15 is 0 Å². The molecule has 0 saturated carbocycles. The summed E-state index contributed by atoms with van der Waals surface area (Å²) in [6.07, 6.45) is 2.87. The third kappa shape index (κ3) is 4.89. The van der Waals surface area contributed by atoms with E-state index in [0.717, 1.165) is 11.3 Å². The molecule has 26 heavy (non-hydrogen) atoms. The maximum Gasteiger partial charge on any atom is 0.236 e. The van der Waals surface area contributed by atoms with Crippen molar-refractivity contribution in [3.8, 4) is 5.88 Å². The van der Waals surface area contributed by atoms with Crippen molar-refractivity contribution in [2.75, 3.05) is 13.1 Å². The van der Waals surface area contributed by atoms with Gasteiger partial charge in [-0.1, -0.05) is 30.3 Å². The van der Waals surface area contributed by atoms with Crippen LogP contribution in [0.1, 0.15) is 29.9 Å². The first-order chi connectivity index (χ1) is 12.4. The van der Waals surface area contributed by atoms with Gasteiger partial charge in [0.15, 0.2) is 0 Å². The Kier molecular flexibility index (Phi) is 5.68. The number of hydrogen-bond acceptors (Lipinski definition) is 5. The lowest BCUT2D eigenvalue weighted by Gasteiger charge is -2.30. The predicted octanol–water partition coefficient (Wildman–Crippen LogP) is 2.94. The Balaban J connectivity index is 1.58. The van der Waals surface area contributed by atoms with Crippen LogP contribution in [0.15, 0.2) is 41.8 Å². The lowest BCUT2D eigenvalue weighted by Crippen LogP contribution is -2.41. The standard InChI is InChI=1S/C19H23N3O3S/c1-15-14-19(21-16(2)20-15)25-18-8-11-22(12-9-18)26(23,24)13-10-17-6-4-3-5-7-17/h3-7,10,13-14,18H,8-9,11-12H2,1-2H3/b13-10+. The first kappa shape index (κ1) is 18.5. The second-order valence-corrected chi connectivity index (χ2v) is 8.19. The molecule has 0 spiro atoms. The van der Waals surface area contributed by atoms with E-state index < -0.39 is 10.0 Å². The van der Waals surface area contributed by atoms with Gasteiger partial charge in [-0.2, -0.15) is 9.29 Å². The van der Waals surface area contributed by atoms with Crippen molar-refractivity contribution in [3.05, 3.63) is 58.9 Å². The molecular formula is C19H23N3O3S. The number of aryl methyl sites for hydroxylation is 2. The van der Waals surface area contributed by atoms with E-state index in [1.165, 1.54) is 9.71 Å². The van der Waals surface area contributed by atoms with Gasteiger partial charge in [0.1, 0.15) is 11.9 Å². The van der Waals surface area contributed by atoms with Crippen molar-refractivity contribution in [2.24, 2.45) is 0 Å². The second-order valence-electron chi connectivity index (χ2n) is 6.37. The number of ether oxygens (including phenoxy) is 1. The molecule has 1 aliphatic rings. The Hall–Kier alpha value is -2.25. The van der Waals surface area contributed by atoms with Crippen LogP contribution in [0, 0.1) is 13.8 Å². The van der Waals surface area contributed by atoms with Crippen LogP contribution in [-0.4, -0.2) is 41.9 Å². The van der Waals surface area contributed by atoms with Gasteiger partial charge in [0, 0.05) is 30.3 Å². The van der Waals surface area contributed by atoms with Gasteiger partial charge in [-0.25, -0.2) is 13.4 Å². The maximum absolute atomic E-state index is 12.5. The highest BCUT2D eigenvalue weighted by Gasteiger charge is 2.27. The van der Waals surface area contributed by atoms with Crippen LogP contribution >= 0.6 is 0 Å². The molecule has 3 rings (SSSR count). The Bertz CT molecular complexity index is 854. The summed E-state index contributed by atoms with van der Waals surface area (Å²) in [6, 6.07) is 11.2. The molecule has 2 heterocycles. The topological polar surface area (TPSA) is 72.4 Å². The molecule has 138 valence electrons. The Labute approximate surface area is 154 Å². The summed E-state index contributed by atoms with van der Waals surface area (Å²) in [5, 5.41) is 1.28. The fraction of sp³-hybridized carbons (Fsp3) is 0.368. The first-order valence-electron chi connectivity index (χ1n) is 8.64. The number of aromatic nitrogens is 2. The van der Waals surface area contributed by atoms with Crippen LogP contribution in [-0.2, 0) is 10.0 Å². The van der Waals surface area contributed by atoms with Crippen LogP contribution in [0.3, 0.4) is 0 Å². The average Bonchev–Trinajstić information content (AvgIpc) is 2.61. The fourth-order valence-corrected chi connectivity index (χ4v) is 4.15. The van der Waals surface area contributed by atoms with E-state index in [0.29, 0.717) is 37.6 Å². The van der Waals surface area contributed by atoms with E-state index in [4.69, 9.17) is 4.74 Å². The van der Waals surface area contributed by atoms with Gasteiger partial charge in [-0.05, 0) is 38.3 Å². The molecule has 0 N–H and O–H groups in total. The second kappa shape index (κ2) is 7.97. The Morgan fingerprint density at radius 3 is 2.46 bits per heavy atom. The fourth-order valence-electron chi connectivity index (χ4n) is 2.93. The summed E-state index contributed by atoms with van der Waals surface area (Å²) < 4.78 is 32.4. The molecule has 0 bridgehead atoms. The van der Waals surface area contributed by atoms with Gasteiger partial charge in [-0.3, -0.25) is 0 Å². The Morgan fingerprint density at radius 1 is 1.12 bits per heavy atom. The number of piperidine rings is 1. The average molecular weight is 373 g/mol. The minimum absolute atomic E-state index is 0.0340. The summed E-state index contributed by atoms with van der Waals surface area (Å²) in [7, 11) is -3.42. The molecular weight excluding hydrogens is 350 g/mol. The van der Waals surface area contributed by atoms with E-state index in [9.17, 15) is 8.42 Å². The van der Waals surface area contributed by atoms with Crippen molar-refractivity contribution in [1.29, 1.82) is 0 Å². The molecule has 1 fully saturated rings. The van der Waals surface area contributed by atoms with E-state index in [1.54, 1.807) is 12.1 Å². The number of hydrogen-bond donors (Lipinski definition) is 0. The zero-order valence-corrected chi connectivity index (χ0v) is 15.8. The van der Waals surface area contributed by atoms with Crippen molar-refractivity contribution in [2.45, 2.75) is 32.8 Å².